The number of aliphatic hydroxyl groups excluding tert-OH is 1. The zero-order chi connectivity index (χ0) is 13.5. The van der Waals surface area contributed by atoms with Gasteiger partial charge in [0.2, 0.25) is 0 Å². The maximum Gasteiger partial charge on any atom is 0.0537 e. The van der Waals surface area contributed by atoms with E-state index in [4.69, 9.17) is 0 Å². The molecule has 0 rings (SSSR count). The van der Waals surface area contributed by atoms with Crippen LogP contribution in [0.1, 0.15) is 90.4 Å². The first-order valence-electron chi connectivity index (χ1n) is 8.05. The summed E-state index contributed by atoms with van der Waals surface area (Å²) in [5.74, 6) is 0. The van der Waals surface area contributed by atoms with Gasteiger partial charge >= 0.3 is 0 Å². The molecule has 18 heavy (non-hydrogen) atoms. The highest BCUT2D eigenvalue weighted by atomic mass is 79.9. The molecule has 110 valence electrons. The Morgan fingerprint density at radius 3 is 1.50 bits per heavy atom. The second kappa shape index (κ2) is 15.5. The average molecular weight is 321 g/mol. The molecule has 1 atom stereocenters. The number of rotatable bonds is 14. The van der Waals surface area contributed by atoms with Gasteiger partial charge in [-0.1, -0.05) is 87.1 Å². The topological polar surface area (TPSA) is 20.2 Å². The molecule has 1 unspecified atom stereocenters. The fraction of sp³-hybridized carbons (Fsp3) is 1.00. The monoisotopic (exact) mass is 320 g/mol. The van der Waals surface area contributed by atoms with Gasteiger partial charge in [0, 0.05) is 5.33 Å². The number of hydrogen-bond donors (Lipinski definition) is 1. The first-order chi connectivity index (χ1) is 8.81. The molecule has 0 saturated heterocycles. The highest BCUT2D eigenvalue weighted by Crippen LogP contribution is 2.13. The second-order valence-corrected chi connectivity index (χ2v) is 6.22. The summed E-state index contributed by atoms with van der Waals surface area (Å²) in [5, 5.41) is 10.6. The van der Waals surface area contributed by atoms with Gasteiger partial charge in [-0.05, 0) is 19.3 Å². The Morgan fingerprint density at radius 2 is 1.11 bits per heavy atom. The Labute approximate surface area is 123 Å². The molecular formula is C16H33BrO. The molecule has 0 amide bonds. The van der Waals surface area contributed by atoms with Crippen LogP contribution in [-0.4, -0.2) is 16.5 Å². The summed E-state index contributed by atoms with van der Waals surface area (Å²) in [5.41, 5.74) is 0. The van der Waals surface area contributed by atoms with Crippen molar-refractivity contribution in [3.63, 3.8) is 0 Å². The Bertz CT molecular complexity index is 150. The summed E-state index contributed by atoms with van der Waals surface area (Å²) in [6.07, 6.45) is 17.0. The lowest BCUT2D eigenvalue weighted by Gasteiger charge is -2.06. The molecule has 0 aliphatic rings. The molecule has 0 aliphatic carbocycles. The minimum atomic E-state index is -0.0514. The molecule has 0 bridgehead atoms. The molecule has 0 radical (unpaired) electrons. The predicted octanol–water partition coefficient (Wildman–Crippen LogP) is 5.83. The van der Waals surface area contributed by atoms with E-state index in [-0.39, 0.29) is 6.10 Å². The molecule has 0 aromatic carbocycles. The first kappa shape index (κ1) is 18.4. The van der Waals surface area contributed by atoms with Gasteiger partial charge in [-0.15, -0.1) is 0 Å². The highest BCUT2D eigenvalue weighted by molar-refractivity contribution is 9.09. The third kappa shape index (κ3) is 14.5. The normalized spacial score (nSPS) is 12.8. The van der Waals surface area contributed by atoms with Crippen LogP contribution in [0.2, 0.25) is 0 Å². The van der Waals surface area contributed by atoms with Crippen LogP contribution in [0.25, 0.3) is 0 Å². The van der Waals surface area contributed by atoms with Crippen molar-refractivity contribution in [1.29, 1.82) is 0 Å². The van der Waals surface area contributed by atoms with Crippen LogP contribution >= 0.6 is 15.9 Å². The molecule has 0 heterocycles. The van der Waals surface area contributed by atoms with Crippen molar-refractivity contribution in [2.24, 2.45) is 0 Å². The minimum absolute atomic E-state index is 0.0514. The molecular weight excluding hydrogens is 288 g/mol. The second-order valence-electron chi connectivity index (χ2n) is 5.43. The third-order valence-corrected chi connectivity index (χ3v) is 4.20. The zero-order valence-corrected chi connectivity index (χ0v) is 13.9. The Hall–Kier alpha value is 0.440. The highest BCUT2D eigenvalue weighted by Gasteiger charge is 1.99. The summed E-state index contributed by atoms with van der Waals surface area (Å²) in [6.45, 7) is 2.06. The van der Waals surface area contributed by atoms with Crippen LogP contribution in [0.4, 0.5) is 0 Å². The molecule has 1 N–H and O–H groups in total. The maximum absolute atomic E-state index is 9.42. The predicted molar refractivity (Wildman–Crippen MR) is 85.5 cm³/mol. The molecule has 0 aromatic heterocycles. The van der Waals surface area contributed by atoms with Crippen LogP contribution < -0.4 is 0 Å². The average Bonchev–Trinajstić information content (AvgIpc) is 2.39. The van der Waals surface area contributed by atoms with Crippen LogP contribution in [0.5, 0.6) is 0 Å². The molecule has 2 heteroatoms. The molecule has 1 nitrogen and oxygen atoms in total. The summed E-state index contributed by atoms with van der Waals surface area (Å²) in [7, 11) is 0. The number of unbranched alkanes of at least 4 members (excludes halogenated alkanes) is 10. The Balaban J connectivity index is 2.94. The van der Waals surface area contributed by atoms with Crippen LogP contribution in [-0.2, 0) is 0 Å². The summed E-state index contributed by atoms with van der Waals surface area (Å²) >= 11 is 3.47. The third-order valence-electron chi connectivity index (χ3n) is 3.64. The van der Waals surface area contributed by atoms with E-state index in [9.17, 15) is 5.11 Å². The van der Waals surface area contributed by atoms with Crippen molar-refractivity contribution < 1.29 is 5.11 Å². The fourth-order valence-corrected chi connectivity index (χ4v) is 2.67. The smallest absolute Gasteiger partial charge is 0.0537 e. The summed E-state index contributed by atoms with van der Waals surface area (Å²) in [6, 6.07) is 0. The molecule has 0 aromatic rings. The van der Waals surface area contributed by atoms with Gasteiger partial charge in [0.1, 0.15) is 0 Å². The Morgan fingerprint density at radius 1 is 0.722 bits per heavy atom. The lowest BCUT2D eigenvalue weighted by molar-refractivity contribution is 0.156. The van der Waals surface area contributed by atoms with Crippen molar-refractivity contribution in [2.45, 2.75) is 96.5 Å². The van der Waals surface area contributed by atoms with Crippen molar-refractivity contribution in [2.75, 3.05) is 5.33 Å². The van der Waals surface area contributed by atoms with Gasteiger partial charge in [-0.2, -0.15) is 0 Å². The van der Waals surface area contributed by atoms with Gasteiger partial charge in [0.05, 0.1) is 6.10 Å². The zero-order valence-electron chi connectivity index (χ0n) is 12.3. The van der Waals surface area contributed by atoms with Crippen LogP contribution in [0.15, 0.2) is 0 Å². The standard InChI is InChI=1S/C16H33BrO/c1-2-16(18)14-12-10-8-6-4-3-5-7-9-11-13-15-17/h16,18H,2-15H2,1H3. The fourth-order valence-electron chi connectivity index (χ4n) is 2.27. The quantitative estimate of drug-likeness (QED) is 0.315. The van der Waals surface area contributed by atoms with E-state index in [0.29, 0.717) is 0 Å². The van der Waals surface area contributed by atoms with E-state index in [1.54, 1.807) is 0 Å². The van der Waals surface area contributed by atoms with Gasteiger partial charge in [-0.3, -0.25) is 0 Å². The van der Waals surface area contributed by atoms with Gasteiger partial charge in [-0.25, -0.2) is 0 Å². The number of aliphatic hydroxyl groups is 1. The van der Waals surface area contributed by atoms with Crippen LogP contribution in [0.3, 0.4) is 0 Å². The lowest BCUT2D eigenvalue weighted by Crippen LogP contribution is -2.03. The van der Waals surface area contributed by atoms with Crippen molar-refractivity contribution >= 4 is 15.9 Å². The maximum atomic E-state index is 9.42. The SMILES string of the molecule is CCC(O)CCCCCCCCCCCCCBr. The van der Waals surface area contributed by atoms with E-state index in [1.807, 2.05) is 0 Å². The van der Waals surface area contributed by atoms with E-state index in [1.165, 1.54) is 76.0 Å². The van der Waals surface area contributed by atoms with Crippen molar-refractivity contribution in [3.8, 4) is 0 Å². The van der Waals surface area contributed by atoms with Gasteiger partial charge in [0.15, 0.2) is 0 Å². The Kier molecular flexibility index (Phi) is 15.9. The van der Waals surface area contributed by atoms with E-state index < -0.39 is 0 Å². The van der Waals surface area contributed by atoms with E-state index in [2.05, 4.69) is 22.9 Å². The molecule has 0 fully saturated rings. The van der Waals surface area contributed by atoms with Crippen LogP contribution in [0, 0.1) is 0 Å². The number of halogens is 1. The number of hydrogen-bond acceptors (Lipinski definition) is 1. The van der Waals surface area contributed by atoms with Crippen molar-refractivity contribution in [3.05, 3.63) is 0 Å². The molecule has 0 aliphatic heterocycles. The molecule has 0 spiro atoms. The molecule has 0 saturated carbocycles. The lowest BCUT2D eigenvalue weighted by atomic mass is 10.0. The summed E-state index contributed by atoms with van der Waals surface area (Å²) in [4.78, 5) is 0. The largest absolute Gasteiger partial charge is 0.393 e. The van der Waals surface area contributed by atoms with E-state index in [0.717, 1.165) is 12.8 Å². The van der Waals surface area contributed by atoms with E-state index >= 15 is 0 Å². The van der Waals surface area contributed by atoms with Gasteiger partial charge < -0.3 is 5.11 Å². The first-order valence-corrected chi connectivity index (χ1v) is 9.17. The van der Waals surface area contributed by atoms with Gasteiger partial charge in [0.25, 0.3) is 0 Å². The number of alkyl halides is 1. The summed E-state index contributed by atoms with van der Waals surface area (Å²) < 4.78 is 0. The minimum Gasteiger partial charge on any atom is -0.393 e. The van der Waals surface area contributed by atoms with Crippen molar-refractivity contribution in [1.82, 2.24) is 0 Å².